The molecule has 0 aromatic carbocycles. The van der Waals surface area contributed by atoms with Crippen LogP contribution in [0.1, 0.15) is 26.7 Å². The minimum absolute atomic E-state index is 0.0657. The topological polar surface area (TPSA) is 82.6 Å². The van der Waals surface area contributed by atoms with Crippen molar-refractivity contribution in [3.63, 3.8) is 0 Å². The van der Waals surface area contributed by atoms with Crippen LogP contribution in [0.2, 0.25) is 0 Å². The molecule has 1 fully saturated rings. The normalized spacial score (nSPS) is 18.8. The summed E-state index contributed by atoms with van der Waals surface area (Å²) in [6.07, 6.45) is 1.07. The molecular formula is C15H28N4O2. The molecule has 0 spiro atoms. The van der Waals surface area contributed by atoms with Crippen LogP contribution in [0, 0.1) is 16.7 Å². The lowest BCUT2D eigenvalue weighted by Crippen LogP contribution is -2.49. The van der Waals surface area contributed by atoms with Gasteiger partial charge in [0.15, 0.2) is 0 Å². The van der Waals surface area contributed by atoms with Crippen molar-refractivity contribution in [3.05, 3.63) is 0 Å². The predicted molar refractivity (Wildman–Crippen MR) is 81.5 cm³/mol. The average molecular weight is 296 g/mol. The Morgan fingerprint density at radius 3 is 2.62 bits per heavy atom. The Hall–Kier alpha value is -1.16. The van der Waals surface area contributed by atoms with Gasteiger partial charge in [0, 0.05) is 39.3 Å². The zero-order chi connectivity index (χ0) is 15.7. The molecule has 0 saturated carbocycles. The summed E-state index contributed by atoms with van der Waals surface area (Å²) >= 11 is 0. The van der Waals surface area contributed by atoms with Crippen LogP contribution in [0.5, 0.6) is 0 Å². The fraction of sp³-hybridized carbons (Fsp3) is 0.867. The molecule has 1 aliphatic heterocycles. The van der Waals surface area contributed by atoms with Crippen molar-refractivity contribution in [2.75, 3.05) is 52.5 Å². The largest absolute Gasteiger partial charge is 0.379 e. The molecule has 0 radical (unpaired) electrons. The second-order valence-electron chi connectivity index (χ2n) is 5.77. The van der Waals surface area contributed by atoms with E-state index in [2.05, 4.69) is 11.0 Å². The minimum Gasteiger partial charge on any atom is -0.379 e. The van der Waals surface area contributed by atoms with Crippen molar-refractivity contribution in [1.82, 2.24) is 9.80 Å². The van der Waals surface area contributed by atoms with Crippen LogP contribution in [-0.2, 0) is 9.53 Å². The van der Waals surface area contributed by atoms with Gasteiger partial charge in [-0.3, -0.25) is 9.69 Å². The smallest absolute Gasteiger partial charge is 0.229 e. The lowest BCUT2D eigenvalue weighted by molar-refractivity contribution is -0.141. The SMILES string of the molecule is CCC(C)(CN)C(=O)N(CCC#N)CCN1CCOCC1. The summed E-state index contributed by atoms with van der Waals surface area (Å²) in [7, 11) is 0. The number of nitrogens with zero attached hydrogens (tertiary/aromatic N) is 3. The summed E-state index contributed by atoms with van der Waals surface area (Å²) in [4.78, 5) is 16.8. The minimum atomic E-state index is -0.527. The van der Waals surface area contributed by atoms with Gasteiger partial charge in [-0.1, -0.05) is 6.92 Å². The third kappa shape index (κ3) is 5.27. The molecule has 1 amide bonds. The molecule has 6 nitrogen and oxygen atoms in total. The number of morpholine rings is 1. The number of nitriles is 1. The van der Waals surface area contributed by atoms with Crippen molar-refractivity contribution < 1.29 is 9.53 Å². The van der Waals surface area contributed by atoms with Crippen LogP contribution in [0.25, 0.3) is 0 Å². The van der Waals surface area contributed by atoms with Crippen molar-refractivity contribution in [2.24, 2.45) is 11.1 Å². The van der Waals surface area contributed by atoms with Crippen LogP contribution in [0.3, 0.4) is 0 Å². The van der Waals surface area contributed by atoms with Gasteiger partial charge in [-0.15, -0.1) is 0 Å². The first-order valence-corrected chi connectivity index (χ1v) is 7.74. The molecule has 0 bridgehead atoms. The highest BCUT2D eigenvalue weighted by Gasteiger charge is 2.33. The van der Waals surface area contributed by atoms with Crippen LogP contribution in [0.15, 0.2) is 0 Å². The van der Waals surface area contributed by atoms with Gasteiger partial charge in [-0.05, 0) is 13.3 Å². The molecule has 2 N–H and O–H groups in total. The molecule has 1 heterocycles. The van der Waals surface area contributed by atoms with E-state index in [-0.39, 0.29) is 5.91 Å². The van der Waals surface area contributed by atoms with Gasteiger partial charge in [0.2, 0.25) is 5.91 Å². The van der Waals surface area contributed by atoms with Crippen molar-refractivity contribution >= 4 is 5.91 Å². The van der Waals surface area contributed by atoms with E-state index in [9.17, 15) is 4.79 Å². The Labute approximate surface area is 127 Å². The third-order valence-electron chi connectivity index (χ3n) is 4.32. The molecule has 0 aliphatic carbocycles. The quantitative estimate of drug-likeness (QED) is 0.702. The van der Waals surface area contributed by atoms with E-state index in [1.807, 2.05) is 13.8 Å². The highest BCUT2D eigenvalue weighted by atomic mass is 16.5. The highest BCUT2D eigenvalue weighted by Crippen LogP contribution is 2.22. The summed E-state index contributed by atoms with van der Waals surface area (Å²) in [6.45, 7) is 9.49. The Bertz CT molecular complexity index is 357. The zero-order valence-corrected chi connectivity index (χ0v) is 13.3. The molecule has 0 aromatic heterocycles. The van der Waals surface area contributed by atoms with Gasteiger partial charge in [0.1, 0.15) is 0 Å². The first-order valence-electron chi connectivity index (χ1n) is 7.74. The summed E-state index contributed by atoms with van der Waals surface area (Å²) in [5, 5.41) is 8.79. The molecule has 120 valence electrons. The number of rotatable bonds is 8. The van der Waals surface area contributed by atoms with E-state index in [4.69, 9.17) is 15.7 Å². The highest BCUT2D eigenvalue weighted by molar-refractivity contribution is 5.82. The van der Waals surface area contributed by atoms with Crippen molar-refractivity contribution in [1.29, 1.82) is 5.26 Å². The van der Waals surface area contributed by atoms with Crippen molar-refractivity contribution in [3.8, 4) is 6.07 Å². The van der Waals surface area contributed by atoms with E-state index in [0.29, 0.717) is 32.5 Å². The second-order valence-corrected chi connectivity index (χ2v) is 5.77. The maximum Gasteiger partial charge on any atom is 0.229 e. The first kappa shape index (κ1) is 17.9. The molecule has 6 heteroatoms. The number of hydrogen-bond acceptors (Lipinski definition) is 5. The Morgan fingerprint density at radius 2 is 2.10 bits per heavy atom. The fourth-order valence-electron chi connectivity index (χ4n) is 2.35. The molecule has 1 aliphatic rings. The van der Waals surface area contributed by atoms with Gasteiger partial charge in [-0.25, -0.2) is 0 Å². The zero-order valence-electron chi connectivity index (χ0n) is 13.3. The van der Waals surface area contributed by atoms with Crippen LogP contribution in [-0.4, -0.2) is 68.2 Å². The van der Waals surface area contributed by atoms with E-state index < -0.39 is 5.41 Å². The second kappa shape index (κ2) is 8.98. The van der Waals surface area contributed by atoms with Gasteiger partial charge in [0.05, 0.1) is 31.1 Å². The summed E-state index contributed by atoms with van der Waals surface area (Å²) in [5.74, 6) is 0.0657. The van der Waals surface area contributed by atoms with Gasteiger partial charge in [0.25, 0.3) is 0 Å². The number of carbonyl (C=O) groups excluding carboxylic acids is 1. The van der Waals surface area contributed by atoms with Crippen molar-refractivity contribution in [2.45, 2.75) is 26.7 Å². The number of hydrogen-bond donors (Lipinski definition) is 1. The average Bonchev–Trinajstić information content (AvgIpc) is 2.54. The first-order chi connectivity index (χ1) is 10.1. The molecule has 1 atom stereocenters. The standard InChI is InChI=1S/C15H28N4O2/c1-3-15(2,13-17)14(20)19(6-4-5-16)8-7-18-9-11-21-12-10-18/h3-4,6-13,17H2,1-2H3. The fourth-order valence-corrected chi connectivity index (χ4v) is 2.35. The van der Waals surface area contributed by atoms with Crippen LogP contribution in [0.4, 0.5) is 0 Å². The number of ether oxygens (including phenoxy) is 1. The van der Waals surface area contributed by atoms with Crippen LogP contribution >= 0.6 is 0 Å². The predicted octanol–water partition coefficient (Wildman–Crippen LogP) is 0.436. The maximum absolute atomic E-state index is 12.7. The molecule has 0 aromatic rings. The van der Waals surface area contributed by atoms with Gasteiger partial charge >= 0.3 is 0 Å². The van der Waals surface area contributed by atoms with E-state index in [0.717, 1.165) is 32.8 Å². The Morgan fingerprint density at radius 1 is 1.43 bits per heavy atom. The maximum atomic E-state index is 12.7. The van der Waals surface area contributed by atoms with Crippen LogP contribution < -0.4 is 5.73 Å². The van der Waals surface area contributed by atoms with E-state index in [1.54, 1.807) is 4.90 Å². The van der Waals surface area contributed by atoms with Gasteiger partial charge in [-0.2, -0.15) is 5.26 Å². The number of carbonyl (C=O) groups is 1. The summed E-state index contributed by atoms with van der Waals surface area (Å²) < 4.78 is 5.33. The van der Waals surface area contributed by atoms with E-state index in [1.165, 1.54) is 0 Å². The number of nitrogens with two attached hydrogens (primary N) is 1. The molecule has 1 saturated heterocycles. The molecular weight excluding hydrogens is 268 g/mol. The monoisotopic (exact) mass is 296 g/mol. The molecule has 21 heavy (non-hydrogen) atoms. The lowest BCUT2D eigenvalue weighted by atomic mass is 9.86. The molecule has 1 rings (SSSR count). The molecule has 1 unspecified atom stereocenters. The summed E-state index contributed by atoms with van der Waals surface area (Å²) in [6, 6.07) is 2.12. The Balaban J connectivity index is 2.61. The third-order valence-corrected chi connectivity index (χ3v) is 4.32. The lowest BCUT2D eigenvalue weighted by Gasteiger charge is -2.35. The number of amides is 1. The Kier molecular flexibility index (Phi) is 7.65. The van der Waals surface area contributed by atoms with E-state index >= 15 is 0 Å². The van der Waals surface area contributed by atoms with Gasteiger partial charge < -0.3 is 15.4 Å². The summed E-state index contributed by atoms with van der Waals surface area (Å²) in [5.41, 5.74) is 5.26.